The van der Waals surface area contributed by atoms with E-state index in [0.29, 0.717) is 13.0 Å². The van der Waals surface area contributed by atoms with Crippen LogP contribution in [-0.4, -0.2) is 46.0 Å². The maximum absolute atomic E-state index is 11.8. The van der Waals surface area contributed by atoms with Crippen molar-refractivity contribution in [1.82, 2.24) is 15.1 Å². The van der Waals surface area contributed by atoms with Crippen molar-refractivity contribution in [2.45, 2.75) is 19.1 Å². The number of aliphatic hydroxyl groups excluding tert-OH is 1. The molecule has 1 aromatic heterocycles. The molecule has 1 heterocycles. The van der Waals surface area contributed by atoms with E-state index >= 15 is 0 Å². The number of aliphatic hydroxyl groups is 1. The molecule has 7 heteroatoms. The number of benzene rings is 1. The van der Waals surface area contributed by atoms with E-state index in [2.05, 4.69) is 10.4 Å². The summed E-state index contributed by atoms with van der Waals surface area (Å²) >= 11 is 1.60. The van der Waals surface area contributed by atoms with E-state index in [4.69, 9.17) is 4.74 Å². The Morgan fingerprint density at radius 3 is 3.00 bits per heavy atom. The molecular formula is C16H21N3O3S. The zero-order valence-electron chi connectivity index (χ0n) is 13.2. The summed E-state index contributed by atoms with van der Waals surface area (Å²) in [6.45, 7) is 0.324. The van der Waals surface area contributed by atoms with Crippen LogP contribution in [0.3, 0.4) is 0 Å². The second-order valence-electron chi connectivity index (χ2n) is 4.98. The first kappa shape index (κ1) is 17.4. The maximum Gasteiger partial charge on any atom is 0.249 e. The Morgan fingerprint density at radius 2 is 2.26 bits per heavy atom. The van der Waals surface area contributed by atoms with Crippen LogP contribution >= 0.6 is 11.8 Å². The average molecular weight is 335 g/mol. The summed E-state index contributed by atoms with van der Waals surface area (Å²) in [5.41, 5.74) is 1.67. The Morgan fingerprint density at radius 1 is 1.48 bits per heavy atom. The average Bonchev–Trinajstić information content (AvgIpc) is 3.06. The molecule has 0 aliphatic carbocycles. The Hall–Kier alpha value is -1.99. The Bertz CT molecular complexity index is 645. The largest absolute Gasteiger partial charge is 0.494 e. The van der Waals surface area contributed by atoms with E-state index in [1.54, 1.807) is 29.8 Å². The van der Waals surface area contributed by atoms with Gasteiger partial charge < -0.3 is 15.2 Å². The molecule has 0 fully saturated rings. The highest BCUT2D eigenvalue weighted by molar-refractivity contribution is 7.98. The van der Waals surface area contributed by atoms with Gasteiger partial charge in [-0.3, -0.25) is 4.79 Å². The topological polar surface area (TPSA) is 76.4 Å². The minimum atomic E-state index is -0.966. The van der Waals surface area contributed by atoms with Crippen LogP contribution in [0.5, 0.6) is 5.75 Å². The number of methoxy groups -OCH3 is 1. The first-order chi connectivity index (χ1) is 11.2. The van der Waals surface area contributed by atoms with Gasteiger partial charge in [0.1, 0.15) is 17.5 Å². The highest BCUT2D eigenvalue weighted by Crippen LogP contribution is 2.21. The van der Waals surface area contributed by atoms with E-state index in [0.717, 1.165) is 22.8 Å². The number of ether oxygens (including phenoxy) is 1. The number of amides is 1. The van der Waals surface area contributed by atoms with Crippen LogP contribution in [0, 0.1) is 0 Å². The first-order valence-electron chi connectivity index (χ1n) is 7.27. The number of aromatic nitrogens is 2. The molecule has 0 radical (unpaired) electrons. The van der Waals surface area contributed by atoms with Crippen molar-refractivity contribution in [3.05, 3.63) is 42.2 Å². The van der Waals surface area contributed by atoms with Crippen molar-refractivity contribution in [1.29, 1.82) is 0 Å². The summed E-state index contributed by atoms with van der Waals surface area (Å²) in [5.74, 6) is 1.11. The van der Waals surface area contributed by atoms with Gasteiger partial charge >= 0.3 is 0 Å². The molecule has 0 bridgehead atoms. The van der Waals surface area contributed by atoms with Crippen molar-refractivity contribution in [3.8, 4) is 11.4 Å². The predicted octanol–water partition coefficient (Wildman–Crippen LogP) is 1.61. The van der Waals surface area contributed by atoms with E-state index in [1.807, 2.05) is 36.7 Å². The highest BCUT2D eigenvalue weighted by Gasteiger charge is 2.14. The lowest BCUT2D eigenvalue weighted by Gasteiger charge is -2.10. The summed E-state index contributed by atoms with van der Waals surface area (Å²) in [4.78, 5) is 11.8. The lowest BCUT2D eigenvalue weighted by Crippen LogP contribution is -2.34. The second-order valence-corrected chi connectivity index (χ2v) is 5.97. The number of rotatable bonds is 8. The van der Waals surface area contributed by atoms with Crippen LogP contribution in [0.15, 0.2) is 36.7 Å². The molecule has 1 atom stereocenters. The third-order valence-electron chi connectivity index (χ3n) is 3.33. The lowest BCUT2D eigenvalue weighted by molar-refractivity contribution is -0.129. The fourth-order valence-electron chi connectivity index (χ4n) is 2.07. The Labute approximate surface area is 139 Å². The maximum atomic E-state index is 11.8. The second kappa shape index (κ2) is 8.59. The molecular weight excluding hydrogens is 314 g/mol. The summed E-state index contributed by atoms with van der Waals surface area (Å²) in [7, 11) is 1.61. The van der Waals surface area contributed by atoms with E-state index in [9.17, 15) is 9.90 Å². The molecule has 2 rings (SSSR count). The normalized spacial score (nSPS) is 12.0. The van der Waals surface area contributed by atoms with Gasteiger partial charge in [0.25, 0.3) is 0 Å². The Balaban J connectivity index is 1.96. The van der Waals surface area contributed by atoms with Crippen molar-refractivity contribution in [3.63, 3.8) is 0 Å². The van der Waals surface area contributed by atoms with Gasteiger partial charge in [-0.2, -0.15) is 16.9 Å². The van der Waals surface area contributed by atoms with Crippen LogP contribution in [0.1, 0.15) is 12.0 Å². The van der Waals surface area contributed by atoms with Gasteiger partial charge in [0, 0.05) is 18.3 Å². The van der Waals surface area contributed by atoms with Crippen molar-refractivity contribution in [2.75, 3.05) is 19.1 Å². The van der Waals surface area contributed by atoms with Gasteiger partial charge in [0.15, 0.2) is 0 Å². The third kappa shape index (κ3) is 4.74. The summed E-state index contributed by atoms with van der Waals surface area (Å²) in [6, 6.07) is 7.56. The molecule has 0 saturated heterocycles. The molecule has 6 nitrogen and oxygen atoms in total. The zero-order valence-corrected chi connectivity index (χ0v) is 14.0. The van der Waals surface area contributed by atoms with Crippen molar-refractivity contribution < 1.29 is 14.6 Å². The zero-order chi connectivity index (χ0) is 16.7. The first-order valence-corrected chi connectivity index (χ1v) is 8.66. The molecule has 2 aromatic rings. The minimum absolute atomic E-state index is 0.324. The van der Waals surface area contributed by atoms with Crippen LogP contribution in [0.2, 0.25) is 0 Å². The number of para-hydroxylation sites is 2. The third-order valence-corrected chi connectivity index (χ3v) is 3.98. The number of nitrogens with zero attached hydrogens (tertiary/aromatic N) is 2. The van der Waals surface area contributed by atoms with Crippen LogP contribution in [-0.2, 0) is 11.3 Å². The molecule has 23 heavy (non-hydrogen) atoms. The number of carbonyl (C=O) groups excluding carboxylic acids is 1. The van der Waals surface area contributed by atoms with Crippen molar-refractivity contribution >= 4 is 17.7 Å². The van der Waals surface area contributed by atoms with Crippen LogP contribution < -0.4 is 10.1 Å². The van der Waals surface area contributed by atoms with Gasteiger partial charge in [-0.15, -0.1) is 0 Å². The van der Waals surface area contributed by atoms with Gasteiger partial charge in [-0.1, -0.05) is 12.1 Å². The van der Waals surface area contributed by atoms with Crippen LogP contribution in [0.25, 0.3) is 5.69 Å². The van der Waals surface area contributed by atoms with E-state index in [-0.39, 0.29) is 5.91 Å². The molecule has 124 valence electrons. The van der Waals surface area contributed by atoms with Crippen LogP contribution in [0.4, 0.5) is 0 Å². The molecule has 0 saturated carbocycles. The SMILES string of the molecule is COc1ccccc1-n1cc(CNC(=O)[C@H](O)CCSC)cn1. The molecule has 2 N–H and O–H groups in total. The number of hydrogen-bond donors (Lipinski definition) is 2. The van der Waals surface area contributed by atoms with Gasteiger partial charge in [-0.05, 0) is 30.6 Å². The molecule has 0 aliphatic rings. The molecule has 0 spiro atoms. The molecule has 0 aliphatic heterocycles. The molecule has 1 aromatic carbocycles. The number of hydrogen-bond acceptors (Lipinski definition) is 5. The summed E-state index contributed by atoms with van der Waals surface area (Å²) in [5, 5.41) is 16.7. The Kier molecular flexibility index (Phi) is 6.49. The van der Waals surface area contributed by atoms with Gasteiger partial charge in [-0.25, -0.2) is 4.68 Å². The fourth-order valence-corrected chi connectivity index (χ4v) is 2.53. The van der Waals surface area contributed by atoms with Crippen molar-refractivity contribution in [2.24, 2.45) is 0 Å². The number of carbonyl (C=O) groups is 1. The van der Waals surface area contributed by atoms with E-state index in [1.165, 1.54) is 0 Å². The summed E-state index contributed by atoms with van der Waals surface area (Å²) < 4.78 is 7.01. The fraction of sp³-hybridized carbons (Fsp3) is 0.375. The quantitative estimate of drug-likeness (QED) is 0.766. The van der Waals surface area contributed by atoms with Gasteiger partial charge in [0.2, 0.25) is 5.91 Å². The smallest absolute Gasteiger partial charge is 0.249 e. The monoisotopic (exact) mass is 335 g/mol. The minimum Gasteiger partial charge on any atom is -0.494 e. The van der Waals surface area contributed by atoms with E-state index < -0.39 is 6.10 Å². The molecule has 1 amide bonds. The summed E-state index contributed by atoms with van der Waals surface area (Å²) in [6.07, 6.45) is 4.93. The molecule has 0 unspecified atom stereocenters. The number of thioether (sulfide) groups is 1. The predicted molar refractivity (Wildman–Crippen MR) is 91.0 cm³/mol. The lowest BCUT2D eigenvalue weighted by atomic mass is 10.2. The number of nitrogens with one attached hydrogen (secondary N) is 1. The highest BCUT2D eigenvalue weighted by atomic mass is 32.2. The van der Waals surface area contributed by atoms with Gasteiger partial charge in [0.05, 0.1) is 13.3 Å². The standard InChI is InChI=1S/C16H21N3O3S/c1-22-15-6-4-3-5-13(15)19-11-12(10-18-19)9-17-16(21)14(20)7-8-23-2/h3-6,10-11,14,20H,7-9H2,1-2H3,(H,17,21)/t14-/m1/s1.